The zero-order chi connectivity index (χ0) is 12.3. The molecule has 17 heavy (non-hydrogen) atoms. The number of halogens is 1. The van der Waals surface area contributed by atoms with Gasteiger partial charge in [-0.05, 0) is 34.1 Å². The van der Waals surface area contributed by atoms with Crippen molar-refractivity contribution in [3.8, 4) is 0 Å². The number of carbonyl (C=O) groups excluding carboxylic acids is 1. The van der Waals surface area contributed by atoms with Gasteiger partial charge in [0.25, 0.3) is 5.91 Å². The van der Waals surface area contributed by atoms with Crippen LogP contribution in [0.2, 0.25) is 0 Å². The molecule has 7 heteroatoms. The van der Waals surface area contributed by atoms with Gasteiger partial charge in [-0.2, -0.15) is 5.10 Å². The third-order valence-electron chi connectivity index (χ3n) is 2.14. The normalized spacial score (nSPS) is 10.2. The highest BCUT2D eigenvalue weighted by atomic mass is 79.9. The summed E-state index contributed by atoms with van der Waals surface area (Å²) in [5.41, 5.74) is 6.77. The van der Waals surface area contributed by atoms with Crippen molar-refractivity contribution in [1.82, 2.24) is 20.5 Å². The Morgan fingerprint density at radius 2 is 2.35 bits per heavy atom. The Hall–Kier alpha value is -1.89. The molecule has 6 nitrogen and oxygen atoms in total. The first-order chi connectivity index (χ1) is 8.16. The summed E-state index contributed by atoms with van der Waals surface area (Å²) in [5, 5.41) is 9.06. The van der Waals surface area contributed by atoms with Gasteiger partial charge in [-0.3, -0.25) is 9.89 Å². The minimum absolute atomic E-state index is 0.192. The maximum Gasteiger partial charge on any atom is 0.251 e. The maximum absolute atomic E-state index is 11.8. The number of aromatic amines is 1. The lowest BCUT2D eigenvalue weighted by atomic mass is 10.2. The van der Waals surface area contributed by atoms with Gasteiger partial charge in [0.1, 0.15) is 12.2 Å². The molecule has 0 atom stereocenters. The molecule has 0 radical (unpaired) electrons. The van der Waals surface area contributed by atoms with Crippen molar-refractivity contribution in [2.45, 2.75) is 6.54 Å². The lowest BCUT2D eigenvalue weighted by molar-refractivity contribution is 0.0950. The summed E-state index contributed by atoms with van der Waals surface area (Å²) in [6.07, 6.45) is 1.39. The van der Waals surface area contributed by atoms with Crippen LogP contribution in [0.4, 0.5) is 5.69 Å². The van der Waals surface area contributed by atoms with Gasteiger partial charge < -0.3 is 11.1 Å². The fourth-order valence-electron chi connectivity index (χ4n) is 1.25. The highest BCUT2D eigenvalue weighted by Gasteiger charge is 2.07. The molecule has 1 amide bonds. The number of anilines is 1. The molecular weight excluding hydrogens is 286 g/mol. The summed E-state index contributed by atoms with van der Waals surface area (Å²) in [6.45, 7) is 0.306. The van der Waals surface area contributed by atoms with Crippen molar-refractivity contribution in [3.63, 3.8) is 0 Å². The molecule has 0 unspecified atom stereocenters. The van der Waals surface area contributed by atoms with Crippen LogP contribution < -0.4 is 11.1 Å². The van der Waals surface area contributed by atoms with Gasteiger partial charge in [0.05, 0.1) is 6.54 Å². The summed E-state index contributed by atoms with van der Waals surface area (Å²) in [5.74, 6) is 0.412. The van der Waals surface area contributed by atoms with E-state index in [1.54, 1.807) is 18.2 Å². The molecule has 0 aliphatic carbocycles. The van der Waals surface area contributed by atoms with Gasteiger partial charge in [0.15, 0.2) is 0 Å². The summed E-state index contributed by atoms with van der Waals surface area (Å²) in [6, 6.07) is 5.01. The van der Waals surface area contributed by atoms with Crippen LogP contribution >= 0.6 is 15.9 Å². The molecule has 0 fully saturated rings. The number of nitrogen functional groups attached to an aromatic ring is 1. The Morgan fingerprint density at radius 3 is 3.00 bits per heavy atom. The summed E-state index contributed by atoms with van der Waals surface area (Å²) < 4.78 is 0.699. The Labute approximate surface area is 106 Å². The van der Waals surface area contributed by atoms with Crippen LogP contribution in [0.15, 0.2) is 29.0 Å². The summed E-state index contributed by atoms with van der Waals surface area (Å²) in [4.78, 5) is 15.7. The molecule has 0 aliphatic heterocycles. The van der Waals surface area contributed by atoms with Crippen LogP contribution in [0.1, 0.15) is 16.2 Å². The number of carbonyl (C=O) groups is 1. The average Bonchev–Trinajstić information content (AvgIpc) is 2.82. The van der Waals surface area contributed by atoms with Gasteiger partial charge in [-0.15, -0.1) is 0 Å². The van der Waals surface area contributed by atoms with E-state index in [-0.39, 0.29) is 5.91 Å². The molecule has 0 saturated carbocycles. The van der Waals surface area contributed by atoms with Crippen LogP contribution in [0, 0.1) is 0 Å². The quantitative estimate of drug-likeness (QED) is 0.738. The van der Waals surface area contributed by atoms with Crippen molar-refractivity contribution in [3.05, 3.63) is 40.4 Å². The van der Waals surface area contributed by atoms with E-state index in [1.165, 1.54) is 6.33 Å². The second-order valence-corrected chi connectivity index (χ2v) is 4.21. The second-order valence-electron chi connectivity index (χ2n) is 3.35. The van der Waals surface area contributed by atoms with E-state index in [4.69, 9.17) is 5.73 Å². The predicted octanol–water partition coefficient (Wildman–Crippen LogP) is 1.08. The summed E-state index contributed by atoms with van der Waals surface area (Å²) in [7, 11) is 0. The minimum atomic E-state index is -0.192. The van der Waals surface area contributed by atoms with Crippen molar-refractivity contribution >= 4 is 27.5 Å². The van der Waals surface area contributed by atoms with Crippen LogP contribution in [-0.2, 0) is 6.54 Å². The van der Waals surface area contributed by atoms with Gasteiger partial charge in [-0.25, -0.2) is 4.98 Å². The predicted molar refractivity (Wildman–Crippen MR) is 66.1 cm³/mol. The molecule has 0 spiro atoms. The maximum atomic E-state index is 11.8. The number of hydrogen-bond donors (Lipinski definition) is 3. The molecule has 2 rings (SSSR count). The van der Waals surface area contributed by atoms with Crippen molar-refractivity contribution in [1.29, 1.82) is 0 Å². The Balaban J connectivity index is 2.02. The van der Waals surface area contributed by atoms with Crippen molar-refractivity contribution < 1.29 is 4.79 Å². The highest BCUT2D eigenvalue weighted by molar-refractivity contribution is 9.10. The Bertz CT molecular complexity index is 525. The first kappa shape index (κ1) is 11.6. The number of nitrogens with two attached hydrogens (primary N) is 1. The molecule has 0 saturated heterocycles. The van der Waals surface area contributed by atoms with Crippen LogP contribution in [0.5, 0.6) is 0 Å². The third-order valence-corrected chi connectivity index (χ3v) is 2.83. The van der Waals surface area contributed by atoms with E-state index in [0.717, 1.165) is 0 Å². The lowest BCUT2D eigenvalue weighted by Crippen LogP contribution is -2.23. The van der Waals surface area contributed by atoms with Gasteiger partial charge in [-0.1, -0.05) is 0 Å². The largest absolute Gasteiger partial charge is 0.398 e. The molecule has 1 aromatic heterocycles. The second kappa shape index (κ2) is 4.96. The first-order valence-electron chi connectivity index (χ1n) is 4.84. The number of nitrogens with one attached hydrogen (secondary N) is 2. The number of benzene rings is 1. The number of hydrogen-bond acceptors (Lipinski definition) is 4. The van der Waals surface area contributed by atoms with E-state index >= 15 is 0 Å². The van der Waals surface area contributed by atoms with Crippen molar-refractivity contribution in [2.75, 3.05) is 5.73 Å². The number of rotatable bonds is 3. The van der Waals surface area contributed by atoms with Crippen LogP contribution in [0.3, 0.4) is 0 Å². The lowest BCUT2D eigenvalue weighted by Gasteiger charge is -2.04. The van der Waals surface area contributed by atoms with E-state index in [2.05, 4.69) is 36.4 Å². The average molecular weight is 296 g/mol. The molecule has 1 aromatic carbocycles. The fraction of sp³-hybridized carbons (Fsp3) is 0.100. The molecule has 0 aliphatic rings. The topological polar surface area (TPSA) is 96.7 Å². The van der Waals surface area contributed by atoms with E-state index in [1.807, 2.05) is 0 Å². The van der Waals surface area contributed by atoms with E-state index < -0.39 is 0 Å². The standard InChI is InChI=1S/C10H10BrN5O/c11-7-3-6(1-2-8(7)12)10(17)13-4-9-14-5-15-16-9/h1-3,5H,4,12H2,(H,13,17)(H,14,15,16). The number of aromatic nitrogens is 3. The zero-order valence-electron chi connectivity index (χ0n) is 8.77. The van der Waals surface area contributed by atoms with Gasteiger partial charge in [0, 0.05) is 15.7 Å². The SMILES string of the molecule is Nc1ccc(C(=O)NCc2ncn[nH]2)cc1Br. The van der Waals surface area contributed by atoms with Crippen molar-refractivity contribution in [2.24, 2.45) is 0 Å². The molecule has 88 valence electrons. The highest BCUT2D eigenvalue weighted by Crippen LogP contribution is 2.20. The van der Waals surface area contributed by atoms with E-state index in [0.29, 0.717) is 28.1 Å². The van der Waals surface area contributed by atoms with Crippen LogP contribution in [-0.4, -0.2) is 21.1 Å². The number of amides is 1. The van der Waals surface area contributed by atoms with Crippen LogP contribution in [0.25, 0.3) is 0 Å². The smallest absolute Gasteiger partial charge is 0.251 e. The van der Waals surface area contributed by atoms with Gasteiger partial charge in [0.2, 0.25) is 0 Å². The molecule has 4 N–H and O–H groups in total. The number of H-pyrrole nitrogens is 1. The minimum Gasteiger partial charge on any atom is -0.398 e. The zero-order valence-corrected chi connectivity index (χ0v) is 10.4. The van der Waals surface area contributed by atoms with Gasteiger partial charge >= 0.3 is 0 Å². The molecule has 1 heterocycles. The molecular formula is C10H10BrN5O. The number of nitrogens with zero attached hydrogens (tertiary/aromatic N) is 2. The third kappa shape index (κ3) is 2.82. The molecule has 0 bridgehead atoms. The first-order valence-corrected chi connectivity index (χ1v) is 5.63. The van der Waals surface area contributed by atoms with E-state index in [9.17, 15) is 4.79 Å². The fourth-order valence-corrected chi connectivity index (χ4v) is 1.63. The Kier molecular flexibility index (Phi) is 3.38. The molecule has 2 aromatic rings. The Morgan fingerprint density at radius 1 is 1.53 bits per heavy atom. The summed E-state index contributed by atoms with van der Waals surface area (Å²) >= 11 is 3.27. The monoisotopic (exact) mass is 295 g/mol.